The molecular weight excluding hydrogens is 996 g/mol. The highest BCUT2D eigenvalue weighted by Crippen LogP contribution is 2.50. The molecule has 0 bridgehead atoms. The molecule has 2 aliphatic rings. The molecule has 74 heavy (non-hydrogen) atoms. The van der Waals surface area contributed by atoms with Crippen LogP contribution in [0.4, 0.5) is 0 Å². The first-order chi connectivity index (χ1) is 34.8. The van der Waals surface area contributed by atoms with Gasteiger partial charge >= 0.3 is 11.9 Å². The molecule has 16 nitrogen and oxygen atoms in total. The molecular formula is C56H78Cl2N2O14. The van der Waals surface area contributed by atoms with Crippen molar-refractivity contribution in [2.75, 3.05) is 125 Å². The van der Waals surface area contributed by atoms with Gasteiger partial charge in [0.2, 0.25) is 11.5 Å². The summed E-state index contributed by atoms with van der Waals surface area (Å²) in [7, 11) is 20.8. The zero-order valence-electron chi connectivity index (χ0n) is 45.5. The number of methoxy groups -OCH3 is 10. The molecule has 4 aromatic rings. The van der Waals surface area contributed by atoms with Crippen molar-refractivity contribution in [1.82, 2.24) is 0 Å². The van der Waals surface area contributed by atoms with Crippen LogP contribution in [-0.2, 0) is 31.9 Å². The number of fused-ring (bicyclic) bond motifs is 2. The van der Waals surface area contributed by atoms with E-state index in [-0.39, 0.29) is 48.8 Å². The number of hydrogen-bond acceptors (Lipinski definition) is 14. The number of likely N-dealkylation sites (N-methyl/N-ethyl adjacent to an activating group) is 2. The highest BCUT2D eigenvalue weighted by atomic mass is 35.5. The minimum atomic E-state index is -0.209. The number of quaternary nitrogens is 2. The van der Waals surface area contributed by atoms with E-state index < -0.39 is 0 Å². The molecule has 0 saturated heterocycles. The van der Waals surface area contributed by atoms with Gasteiger partial charge in [0.05, 0.1) is 125 Å². The minimum Gasteiger partial charge on any atom is -1.00 e. The Kier molecular flexibility index (Phi) is 23.3. The largest absolute Gasteiger partial charge is 1.00 e. The number of esters is 2. The van der Waals surface area contributed by atoms with Gasteiger partial charge in [-0.05, 0) is 72.5 Å². The molecule has 0 amide bonds. The van der Waals surface area contributed by atoms with Crippen molar-refractivity contribution in [1.29, 1.82) is 0 Å². The van der Waals surface area contributed by atoms with Gasteiger partial charge in [0.25, 0.3) is 0 Å². The molecule has 0 spiro atoms. The Morgan fingerprint density at radius 1 is 0.419 bits per heavy atom. The summed E-state index contributed by atoms with van der Waals surface area (Å²) in [4.78, 5) is 25.8. The van der Waals surface area contributed by atoms with Gasteiger partial charge in [-0.15, -0.1) is 0 Å². The Morgan fingerprint density at radius 3 is 1.03 bits per heavy atom. The second-order valence-electron chi connectivity index (χ2n) is 18.9. The zero-order chi connectivity index (χ0) is 52.0. The van der Waals surface area contributed by atoms with Crippen LogP contribution in [0.15, 0.2) is 48.5 Å². The number of rotatable bonds is 27. The zero-order valence-corrected chi connectivity index (χ0v) is 47.0. The fraction of sp³-hybridized carbons (Fsp3) is 0.536. The molecule has 410 valence electrons. The summed E-state index contributed by atoms with van der Waals surface area (Å²) in [6.07, 6.45) is 6.72. The molecule has 0 saturated carbocycles. The molecule has 0 radical (unpaired) electrons. The maximum Gasteiger partial charge on any atom is 0.305 e. The summed E-state index contributed by atoms with van der Waals surface area (Å²) in [5.74, 6) is 5.67. The van der Waals surface area contributed by atoms with Crippen LogP contribution < -0.4 is 72.2 Å². The van der Waals surface area contributed by atoms with Crippen molar-refractivity contribution >= 4 is 11.9 Å². The molecule has 18 heteroatoms. The molecule has 0 aromatic heterocycles. The van der Waals surface area contributed by atoms with Crippen LogP contribution in [0.25, 0.3) is 0 Å². The summed E-state index contributed by atoms with van der Waals surface area (Å²) in [6.45, 7) is 3.86. The third-order valence-electron chi connectivity index (χ3n) is 14.6. The standard InChI is InChI=1S/C56H78N2O14.2ClH/c1-57(25-21-37-29-43(61-3)45(63-5)35-41(37)53(57)39-31-47(65-7)55(69-11)48(32-39)66-8)23-17-27-71-51(59)19-15-13-14-16-20-52(60)72-28-18-24-58(2)26-22-38-30-44(62-4)46(64-6)36-42(38)54(58)40-33-49(67-9)56(70-12)50(34-40)68-10;;/h29-36,53-54H,13-28H2,1-12H3;2*1H/q+2;;/p-2/t53-,54-,57-,58-;;/m0../s1. The van der Waals surface area contributed by atoms with Crippen molar-refractivity contribution < 1.29 is 100 Å². The Hall–Kier alpha value is -5.68. The van der Waals surface area contributed by atoms with Crippen LogP contribution in [-0.4, -0.2) is 145 Å². The molecule has 0 fully saturated rings. The van der Waals surface area contributed by atoms with Crippen LogP contribution in [0.3, 0.4) is 0 Å². The molecule has 0 unspecified atom stereocenters. The summed E-state index contributed by atoms with van der Waals surface area (Å²) >= 11 is 0. The van der Waals surface area contributed by atoms with E-state index in [0.29, 0.717) is 118 Å². The second-order valence-corrected chi connectivity index (χ2v) is 18.9. The van der Waals surface area contributed by atoms with Crippen LogP contribution in [0, 0.1) is 0 Å². The second kappa shape index (κ2) is 28.3. The molecule has 2 heterocycles. The predicted molar refractivity (Wildman–Crippen MR) is 273 cm³/mol. The van der Waals surface area contributed by atoms with E-state index in [9.17, 15) is 9.59 Å². The smallest absolute Gasteiger partial charge is 0.305 e. The Bertz CT molecular complexity index is 2270. The third kappa shape index (κ3) is 13.8. The number of ether oxygens (including phenoxy) is 12. The number of halogens is 2. The van der Waals surface area contributed by atoms with Crippen LogP contribution in [0.2, 0.25) is 0 Å². The van der Waals surface area contributed by atoms with E-state index in [1.807, 2.05) is 24.3 Å². The first-order valence-corrected chi connectivity index (χ1v) is 24.9. The van der Waals surface area contributed by atoms with Gasteiger partial charge in [-0.3, -0.25) is 9.59 Å². The van der Waals surface area contributed by atoms with Gasteiger partial charge < -0.3 is 90.6 Å². The predicted octanol–water partition coefficient (Wildman–Crippen LogP) is 2.87. The number of benzene rings is 4. The van der Waals surface area contributed by atoms with Crippen molar-refractivity contribution in [3.05, 3.63) is 81.9 Å². The summed E-state index contributed by atoms with van der Waals surface area (Å²) < 4.78 is 70.1. The SMILES string of the molecule is COc1cc2c(cc1OC)[C@H](c1cc(OC)c(OC)c(OC)c1)[N@@+](C)(CCCOC(=O)CCCCCCC(=O)OCCC[N@@+]1(C)CCc3cc(OC)c(OC)cc3[C@@H]1c1cc(OC)c(OC)c(OC)c1)CC2.[Cl-].[Cl-]. The van der Waals surface area contributed by atoms with Crippen LogP contribution >= 0.6 is 0 Å². The Morgan fingerprint density at radius 2 is 0.730 bits per heavy atom. The molecule has 6 rings (SSSR count). The Labute approximate surface area is 450 Å². The Balaban J connectivity index is 0.00000593. The molecule has 0 aliphatic carbocycles. The van der Waals surface area contributed by atoms with Crippen molar-refractivity contribution in [3.8, 4) is 57.5 Å². The molecule has 4 aromatic carbocycles. The molecule has 2 aliphatic heterocycles. The summed E-state index contributed by atoms with van der Waals surface area (Å²) in [5, 5.41) is 0. The average Bonchev–Trinajstić information content (AvgIpc) is 3.40. The quantitative estimate of drug-likeness (QED) is 0.0491. The number of nitrogens with zero attached hydrogens (tertiary/aromatic N) is 2. The van der Waals surface area contributed by atoms with E-state index in [1.165, 1.54) is 11.1 Å². The number of unbranched alkanes of at least 4 members (excludes halogenated alkanes) is 3. The highest BCUT2D eigenvalue weighted by Gasteiger charge is 2.43. The van der Waals surface area contributed by atoms with Gasteiger partial charge in [0.15, 0.2) is 46.0 Å². The van der Waals surface area contributed by atoms with Crippen LogP contribution in [0.5, 0.6) is 57.5 Å². The van der Waals surface area contributed by atoms with E-state index in [2.05, 4.69) is 38.4 Å². The monoisotopic (exact) mass is 1070 g/mol. The van der Waals surface area contributed by atoms with E-state index in [0.717, 1.165) is 74.1 Å². The average molecular weight is 1070 g/mol. The lowest BCUT2D eigenvalue weighted by Crippen LogP contribution is -3.00. The normalized spacial score (nSPS) is 18.4. The van der Waals surface area contributed by atoms with Gasteiger partial charge in [-0.25, -0.2) is 0 Å². The third-order valence-corrected chi connectivity index (χ3v) is 14.6. The minimum absolute atomic E-state index is 0. The summed E-state index contributed by atoms with van der Waals surface area (Å²) in [5.41, 5.74) is 6.64. The van der Waals surface area contributed by atoms with Crippen LogP contribution in [0.1, 0.15) is 96.8 Å². The lowest BCUT2D eigenvalue weighted by molar-refractivity contribution is -0.935. The van der Waals surface area contributed by atoms with E-state index in [4.69, 9.17) is 56.8 Å². The number of carbonyl (C=O) groups is 2. The fourth-order valence-electron chi connectivity index (χ4n) is 10.8. The molecule has 0 N–H and O–H groups in total. The lowest BCUT2D eigenvalue weighted by atomic mass is 9.85. The fourth-order valence-corrected chi connectivity index (χ4v) is 10.8. The first kappa shape index (κ1) is 60.9. The first-order valence-electron chi connectivity index (χ1n) is 24.9. The van der Waals surface area contributed by atoms with Crippen molar-refractivity contribution in [2.45, 2.75) is 76.3 Å². The summed E-state index contributed by atoms with van der Waals surface area (Å²) in [6, 6.07) is 16.1. The molecule has 4 atom stereocenters. The van der Waals surface area contributed by atoms with Gasteiger partial charge in [0.1, 0.15) is 12.1 Å². The van der Waals surface area contributed by atoms with Gasteiger partial charge in [-0.1, -0.05) is 12.8 Å². The topological polar surface area (TPSA) is 145 Å². The van der Waals surface area contributed by atoms with Crippen molar-refractivity contribution in [3.63, 3.8) is 0 Å². The van der Waals surface area contributed by atoms with Gasteiger partial charge in [-0.2, -0.15) is 0 Å². The maximum absolute atomic E-state index is 12.9. The van der Waals surface area contributed by atoms with E-state index in [1.54, 1.807) is 71.1 Å². The maximum atomic E-state index is 12.9. The lowest BCUT2D eigenvalue weighted by Gasteiger charge is -2.46. The highest BCUT2D eigenvalue weighted by molar-refractivity contribution is 5.69. The van der Waals surface area contributed by atoms with Gasteiger partial charge in [0, 0.05) is 60.8 Å². The van der Waals surface area contributed by atoms with E-state index >= 15 is 0 Å². The number of carbonyl (C=O) groups excluding carboxylic acids is 2. The number of hydrogen-bond donors (Lipinski definition) is 0. The van der Waals surface area contributed by atoms with Crippen molar-refractivity contribution in [2.24, 2.45) is 0 Å².